The summed E-state index contributed by atoms with van der Waals surface area (Å²) in [5.74, 6) is -0.0422. The van der Waals surface area contributed by atoms with Crippen LogP contribution in [-0.4, -0.2) is 16.9 Å². The van der Waals surface area contributed by atoms with Gasteiger partial charge in [-0.3, -0.25) is 9.78 Å². The molecule has 1 aromatic heterocycles. The van der Waals surface area contributed by atoms with Crippen LogP contribution in [0.1, 0.15) is 22.2 Å². The number of nitrogens with zero attached hydrogens (tertiary/aromatic N) is 1. The number of carbonyl (C=O) groups excluding carboxylic acids is 1. The third-order valence-corrected chi connectivity index (χ3v) is 2.80. The van der Waals surface area contributed by atoms with Crippen molar-refractivity contribution in [1.82, 2.24) is 4.98 Å². The Morgan fingerprint density at radius 2 is 1.82 bits per heavy atom. The predicted octanol–water partition coefficient (Wildman–Crippen LogP) is 2.40. The zero-order valence-electron chi connectivity index (χ0n) is 9.11. The highest BCUT2D eigenvalue weighted by molar-refractivity contribution is 5.99. The molecule has 1 fully saturated rings. The highest BCUT2D eigenvalue weighted by atomic mass is 16.6. The SMILES string of the molecule is O=C(c1ccccn1)[C@@H]1O[C@@H]1c1ccccc1. The second-order valence-corrected chi connectivity index (χ2v) is 3.97. The van der Waals surface area contributed by atoms with Gasteiger partial charge in [0.2, 0.25) is 5.78 Å². The molecule has 17 heavy (non-hydrogen) atoms. The average molecular weight is 225 g/mol. The van der Waals surface area contributed by atoms with Crippen LogP contribution in [0.25, 0.3) is 0 Å². The van der Waals surface area contributed by atoms with E-state index < -0.39 is 0 Å². The molecule has 1 aromatic carbocycles. The van der Waals surface area contributed by atoms with Gasteiger partial charge in [0, 0.05) is 6.20 Å². The van der Waals surface area contributed by atoms with Gasteiger partial charge in [0.15, 0.2) is 6.10 Å². The Morgan fingerprint density at radius 1 is 1.06 bits per heavy atom. The number of epoxide rings is 1. The highest BCUT2D eigenvalue weighted by Gasteiger charge is 2.46. The van der Waals surface area contributed by atoms with Crippen molar-refractivity contribution in [3.63, 3.8) is 0 Å². The van der Waals surface area contributed by atoms with E-state index in [2.05, 4.69) is 4.98 Å². The Hall–Kier alpha value is -2.00. The first-order chi connectivity index (χ1) is 8.36. The van der Waals surface area contributed by atoms with Crippen molar-refractivity contribution in [2.45, 2.75) is 12.2 Å². The van der Waals surface area contributed by atoms with Gasteiger partial charge in [-0.25, -0.2) is 0 Å². The third kappa shape index (κ3) is 1.97. The van der Waals surface area contributed by atoms with E-state index in [0.29, 0.717) is 5.69 Å². The second kappa shape index (κ2) is 4.11. The van der Waals surface area contributed by atoms with Crippen molar-refractivity contribution in [3.05, 3.63) is 66.0 Å². The molecule has 0 radical (unpaired) electrons. The maximum Gasteiger partial charge on any atom is 0.212 e. The Balaban J connectivity index is 1.76. The number of benzene rings is 1. The second-order valence-electron chi connectivity index (χ2n) is 3.97. The number of Topliss-reactive ketones (excluding diaryl/α,β-unsaturated/α-hetero) is 1. The molecule has 84 valence electrons. The van der Waals surface area contributed by atoms with Crippen LogP contribution in [0.4, 0.5) is 0 Å². The summed E-state index contributed by atoms with van der Waals surface area (Å²) in [5.41, 5.74) is 1.51. The van der Waals surface area contributed by atoms with Gasteiger partial charge in [0.1, 0.15) is 11.8 Å². The van der Waals surface area contributed by atoms with Crippen LogP contribution in [-0.2, 0) is 4.74 Å². The fourth-order valence-corrected chi connectivity index (χ4v) is 1.86. The van der Waals surface area contributed by atoms with Gasteiger partial charge >= 0.3 is 0 Å². The molecular weight excluding hydrogens is 214 g/mol. The van der Waals surface area contributed by atoms with Gasteiger partial charge < -0.3 is 4.74 Å². The largest absolute Gasteiger partial charge is 0.356 e. The quantitative estimate of drug-likeness (QED) is 0.595. The first kappa shape index (κ1) is 10.2. The number of pyridine rings is 1. The topological polar surface area (TPSA) is 42.5 Å². The van der Waals surface area contributed by atoms with Crippen molar-refractivity contribution in [2.24, 2.45) is 0 Å². The molecule has 1 aliphatic rings. The Morgan fingerprint density at radius 3 is 2.53 bits per heavy atom. The maximum atomic E-state index is 12.0. The lowest BCUT2D eigenvalue weighted by Crippen LogP contribution is -2.09. The number of hydrogen-bond donors (Lipinski definition) is 0. The van der Waals surface area contributed by atoms with E-state index >= 15 is 0 Å². The zero-order valence-corrected chi connectivity index (χ0v) is 9.11. The minimum Gasteiger partial charge on any atom is -0.356 e. The first-order valence-electron chi connectivity index (χ1n) is 5.52. The molecule has 0 aliphatic carbocycles. The van der Waals surface area contributed by atoms with Crippen LogP contribution in [0, 0.1) is 0 Å². The van der Waals surface area contributed by atoms with Crippen LogP contribution in [0.15, 0.2) is 54.7 Å². The third-order valence-electron chi connectivity index (χ3n) is 2.80. The summed E-state index contributed by atoms with van der Waals surface area (Å²) < 4.78 is 5.43. The molecular formula is C14H11NO2. The van der Waals surface area contributed by atoms with Crippen LogP contribution in [0.2, 0.25) is 0 Å². The molecule has 2 aromatic rings. The summed E-state index contributed by atoms with van der Waals surface area (Å²) in [6, 6.07) is 15.1. The van der Waals surface area contributed by atoms with Gasteiger partial charge in [-0.05, 0) is 17.7 Å². The van der Waals surface area contributed by atoms with Crippen molar-refractivity contribution in [3.8, 4) is 0 Å². The molecule has 2 heterocycles. The van der Waals surface area contributed by atoms with E-state index in [0.717, 1.165) is 5.56 Å². The Kier molecular flexibility index (Phi) is 2.46. The van der Waals surface area contributed by atoms with Gasteiger partial charge in [0.25, 0.3) is 0 Å². The van der Waals surface area contributed by atoms with E-state index in [-0.39, 0.29) is 18.0 Å². The molecule has 1 saturated heterocycles. The number of aromatic nitrogens is 1. The molecule has 0 unspecified atom stereocenters. The minimum absolute atomic E-state index is 0.0422. The first-order valence-corrected chi connectivity index (χ1v) is 5.52. The van der Waals surface area contributed by atoms with E-state index in [9.17, 15) is 4.79 Å². The summed E-state index contributed by atoms with van der Waals surface area (Å²) >= 11 is 0. The molecule has 1 aliphatic heterocycles. The summed E-state index contributed by atoms with van der Waals surface area (Å²) in [5, 5.41) is 0. The lowest BCUT2D eigenvalue weighted by molar-refractivity contribution is 0.0949. The van der Waals surface area contributed by atoms with Crippen molar-refractivity contribution >= 4 is 5.78 Å². The molecule has 0 amide bonds. The van der Waals surface area contributed by atoms with Gasteiger partial charge in [-0.1, -0.05) is 36.4 Å². The van der Waals surface area contributed by atoms with Crippen LogP contribution >= 0.6 is 0 Å². The molecule has 3 nitrogen and oxygen atoms in total. The number of ether oxygens (including phenoxy) is 1. The van der Waals surface area contributed by atoms with E-state index in [1.54, 1.807) is 24.4 Å². The molecule has 3 rings (SSSR count). The molecule has 0 saturated carbocycles. The van der Waals surface area contributed by atoms with Gasteiger partial charge in [-0.15, -0.1) is 0 Å². The van der Waals surface area contributed by atoms with Gasteiger partial charge in [0.05, 0.1) is 0 Å². The van der Waals surface area contributed by atoms with Crippen molar-refractivity contribution in [2.75, 3.05) is 0 Å². The van der Waals surface area contributed by atoms with E-state index in [4.69, 9.17) is 4.74 Å². The van der Waals surface area contributed by atoms with Crippen LogP contribution in [0.5, 0.6) is 0 Å². The lowest BCUT2D eigenvalue weighted by Gasteiger charge is -1.96. The van der Waals surface area contributed by atoms with Crippen LogP contribution in [0.3, 0.4) is 0 Å². The summed E-state index contributed by atoms with van der Waals surface area (Å²) in [6.45, 7) is 0. The molecule has 0 spiro atoms. The van der Waals surface area contributed by atoms with E-state index in [1.165, 1.54) is 0 Å². The minimum atomic E-state index is -0.368. The molecule has 2 atom stereocenters. The summed E-state index contributed by atoms with van der Waals surface area (Å²) in [6.07, 6.45) is 1.14. The van der Waals surface area contributed by atoms with E-state index in [1.807, 2.05) is 30.3 Å². The maximum absolute atomic E-state index is 12.0. The smallest absolute Gasteiger partial charge is 0.212 e. The average Bonchev–Trinajstić information content (AvgIpc) is 3.20. The summed E-state index contributed by atoms with van der Waals surface area (Å²) in [7, 11) is 0. The van der Waals surface area contributed by atoms with Crippen LogP contribution < -0.4 is 0 Å². The normalized spacial score (nSPS) is 22.1. The zero-order chi connectivity index (χ0) is 11.7. The number of ketones is 1. The fourth-order valence-electron chi connectivity index (χ4n) is 1.86. The van der Waals surface area contributed by atoms with Crippen molar-refractivity contribution in [1.29, 1.82) is 0 Å². The molecule has 0 bridgehead atoms. The Bertz CT molecular complexity index is 524. The standard InChI is InChI=1S/C14H11NO2/c16-12(11-8-4-5-9-15-11)14-13(17-14)10-6-2-1-3-7-10/h1-9,13-14H/t13-,14+/m1/s1. The number of hydrogen-bond acceptors (Lipinski definition) is 3. The fraction of sp³-hybridized carbons (Fsp3) is 0.143. The monoisotopic (exact) mass is 225 g/mol. The molecule has 0 N–H and O–H groups in total. The predicted molar refractivity (Wildman–Crippen MR) is 62.6 cm³/mol. The molecule has 3 heteroatoms. The number of rotatable bonds is 3. The highest BCUT2D eigenvalue weighted by Crippen LogP contribution is 2.40. The van der Waals surface area contributed by atoms with Crippen molar-refractivity contribution < 1.29 is 9.53 Å². The number of carbonyl (C=O) groups is 1. The van der Waals surface area contributed by atoms with Gasteiger partial charge in [-0.2, -0.15) is 0 Å². The lowest BCUT2D eigenvalue weighted by atomic mass is 10.1. The Labute approximate surface area is 99.1 Å². The summed E-state index contributed by atoms with van der Waals surface area (Å²) in [4.78, 5) is 16.0.